The van der Waals surface area contributed by atoms with Crippen molar-refractivity contribution in [1.29, 1.82) is 0 Å². The maximum atomic E-state index is 12.5. The molecule has 0 N–H and O–H groups in total. The number of pyridine rings is 1. The lowest BCUT2D eigenvalue weighted by Gasteiger charge is -2.55. The Bertz CT molecular complexity index is 973. The zero-order valence-electron chi connectivity index (χ0n) is 15.5. The normalized spacial score (nSPS) is 34.7. The first-order valence-corrected chi connectivity index (χ1v) is 10.9. The summed E-state index contributed by atoms with van der Waals surface area (Å²) in [5.41, 5.74) is 1.95. The number of esters is 1. The summed E-state index contributed by atoms with van der Waals surface area (Å²) in [5.74, 6) is 2.72. The smallest absolute Gasteiger partial charge is 0.363 e. The average Bonchev–Trinajstić information content (AvgIpc) is 3.29. The van der Waals surface area contributed by atoms with Gasteiger partial charge in [0.15, 0.2) is 5.70 Å². The molecule has 28 heavy (non-hydrogen) atoms. The van der Waals surface area contributed by atoms with E-state index in [0.29, 0.717) is 11.6 Å². The average molecular weight is 391 g/mol. The third-order valence-corrected chi connectivity index (χ3v) is 7.69. The van der Waals surface area contributed by atoms with E-state index in [2.05, 4.69) is 9.97 Å². The minimum Gasteiger partial charge on any atom is -0.406 e. The molecule has 5 nitrogen and oxygen atoms in total. The van der Waals surface area contributed by atoms with Crippen LogP contribution in [0.3, 0.4) is 0 Å². The van der Waals surface area contributed by atoms with Crippen molar-refractivity contribution in [3.05, 3.63) is 41.2 Å². The topological polar surface area (TPSA) is 64.4 Å². The lowest BCUT2D eigenvalue weighted by atomic mass is 9.49. The summed E-state index contributed by atoms with van der Waals surface area (Å²) >= 11 is 1.52. The van der Waals surface area contributed by atoms with Crippen LogP contribution in [0.25, 0.3) is 16.8 Å². The van der Waals surface area contributed by atoms with Gasteiger partial charge in [0.2, 0.25) is 5.90 Å². The minimum absolute atomic E-state index is 0.00118. The van der Waals surface area contributed by atoms with Crippen LogP contribution >= 0.6 is 11.3 Å². The standard InChI is InChI=1S/C22H21N3O2S/c26-20-18(8-16-12-28-19(24-16)17-3-1-2-4-23-17)25-21(27-20)22-9-13-5-14(10-22)7-15(6-13)11-22/h1-4,8,12-15H,5-7,9-11H2/b18-8-. The van der Waals surface area contributed by atoms with Gasteiger partial charge in [-0.05, 0) is 74.5 Å². The fraction of sp³-hybridized carbons (Fsp3) is 0.455. The Hall–Kier alpha value is -2.34. The van der Waals surface area contributed by atoms with Gasteiger partial charge in [0.05, 0.1) is 11.4 Å². The Labute approximate surface area is 167 Å². The second-order valence-electron chi connectivity index (χ2n) is 8.83. The molecule has 0 atom stereocenters. The molecule has 4 aliphatic carbocycles. The fourth-order valence-electron chi connectivity index (χ4n) is 6.11. The van der Waals surface area contributed by atoms with Gasteiger partial charge < -0.3 is 4.74 Å². The Kier molecular flexibility index (Phi) is 3.60. The second kappa shape index (κ2) is 6.08. The molecule has 4 saturated carbocycles. The third-order valence-electron chi connectivity index (χ3n) is 6.80. The third kappa shape index (κ3) is 2.65. The van der Waals surface area contributed by atoms with Crippen molar-refractivity contribution in [3.8, 4) is 10.7 Å². The molecule has 0 amide bonds. The van der Waals surface area contributed by atoms with E-state index in [4.69, 9.17) is 9.73 Å². The van der Waals surface area contributed by atoms with Gasteiger partial charge in [-0.25, -0.2) is 14.8 Å². The Morgan fingerprint density at radius 2 is 1.86 bits per heavy atom. The van der Waals surface area contributed by atoms with E-state index in [-0.39, 0.29) is 11.4 Å². The maximum Gasteiger partial charge on any atom is 0.363 e. The summed E-state index contributed by atoms with van der Waals surface area (Å²) < 4.78 is 5.73. The van der Waals surface area contributed by atoms with E-state index in [0.717, 1.165) is 53.4 Å². The Morgan fingerprint density at radius 3 is 2.54 bits per heavy atom. The molecule has 0 unspecified atom stereocenters. The summed E-state index contributed by atoms with van der Waals surface area (Å²) in [7, 11) is 0. The minimum atomic E-state index is -0.335. The van der Waals surface area contributed by atoms with E-state index in [1.807, 2.05) is 23.6 Å². The Balaban J connectivity index is 1.30. The molecule has 0 spiro atoms. The molecular formula is C22H21N3O2S. The molecule has 0 saturated heterocycles. The second-order valence-corrected chi connectivity index (χ2v) is 9.68. The first kappa shape index (κ1) is 16.6. The van der Waals surface area contributed by atoms with Crippen molar-refractivity contribution in [1.82, 2.24) is 9.97 Å². The lowest BCUT2D eigenvalue weighted by molar-refractivity contribution is -0.131. The number of carbonyl (C=O) groups excluding carboxylic acids is 1. The van der Waals surface area contributed by atoms with Crippen molar-refractivity contribution in [3.63, 3.8) is 0 Å². The molecule has 0 radical (unpaired) electrons. The number of aromatic nitrogens is 2. The van der Waals surface area contributed by atoms with Crippen LogP contribution in [-0.2, 0) is 9.53 Å². The van der Waals surface area contributed by atoms with E-state index in [1.165, 1.54) is 30.6 Å². The highest BCUT2D eigenvalue weighted by Gasteiger charge is 2.55. The first-order valence-electron chi connectivity index (χ1n) is 10.1. The van der Waals surface area contributed by atoms with Crippen molar-refractivity contribution in [2.75, 3.05) is 0 Å². The van der Waals surface area contributed by atoms with Crippen LogP contribution in [0.5, 0.6) is 0 Å². The zero-order chi connectivity index (χ0) is 18.7. The first-order chi connectivity index (χ1) is 13.7. The quantitative estimate of drug-likeness (QED) is 0.561. The number of cyclic esters (lactones) is 1. The van der Waals surface area contributed by atoms with Crippen molar-refractivity contribution in [2.24, 2.45) is 28.2 Å². The molecule has 7 rings (SSSR count). The highest BCUT2D eigenvalue weighted by atomic mass is 32.1. The van der Waals surface area contributed by atoms with E-state index in [1.54, 1.807) is 12.3 Å². The molecule has 142 valence electrons. The van der Waals surface area contributed by atoms with Gasteiger partial charge in [-0.2, -0.15) is 0 Å². The van der Waals surface area contributed by atoms with E-state index < -0.39 is 0 Å². The monoisotopic (exact) mass is 391 g/mol. The number of hydrogen-bond acceptors (Lipinski definition) is 6. The molecule has 2 aromatic rings. The number of carbonyl (C=O) groups is 1. The van der Waals surface area contributed by atoms with Crippen molar-refractivity contribution < 1.29 is 9.53 Å². The van der Waals surface area contributed by atoms with Crippen LogP contribution in [-0.4, -0.2) is 21.8 Å². The SMILES string of the molecule is O=C1OC(C23CC4CC(CC(C4)C2)C3)=N/C1=C\c1csc(-c2ccccn2)n1. The molecule has 6 heteroatoms. The zero-order valence-corrected chi connectivity index (χ0v) is 16.3. The van der Waals surface area contributed by atoms with Crippen molar-refractivity contribution in [2.45, 2.75) is 38.5 Å². The molecular weight excluding hydrogens is 370 g/mol. The number of thiazole rings is 1. The van der Waals surface area contributed by atoms with Crippen molar-refractivity contribution >= 4 is 29.3 Å². The molecule has 2 aromatic heterocycles. The molecule has 4 fully saturated rings. The largest absolute Gasteiger partial charge is 0.406 e. The molecule has 5 aliphatic rings. The number of nitrogens with zero attached hydrogens (tertiary/aromatic N) is 3. The summed E-state index contributed by atoms with van der Waals surface area (Å²) in [6, 6.07) is 5.76. The maximum absolute atomic E-state index is 12.5. The van der Waals surface area contributed by atoms with Gasteiger partial charge in [-0.1, -0.05) is 6.07 Å². The number of ether oxygens (including phenoxy) is 1. The van der Waals surface area contributed by atoms with Crippen LogP contribution in [0.1, 0.15) is 44.2 Å². The van der Waals surface area contributed by atoms with Gasteiger partial charge in [-0.3, -0.25) is 4.98 Å². The van der Waals surface area contributed by atoms with Gasteiger partial charge in [0.1, 0.15) is 5.01 Å². The van der Waals surface area contributed by atoms with Crippen LogP contribution in [0.4, 0.5) is 0 Å². The predicted molar refractivity (Wildman–Crippen MR) is 107 cm³/mol. The molecule has 1 aliphatic heterocycles. The molecule has 4 bridgehead atoms. The lowest BCUT2D eigenvalue weighted by Crippen LogP contribution is -2.50. The van der Waals surface area contributed by atoms with Crippen LogP contribution in [0, 0.1) is 23.2 Å². The predicted octanol–water partition coefficient (Wildman–Crippen LogP) is 4.72. The van der Waals surface area contributed by atoms with Crippen LogP contribution in [0.2, 0.25) is 0 Å². The van der Waals surface area contributed by atoms with Gasteiger partial charge >= 0.3 is 5.97 Å². The van der Waals surface area contributed by atoms with Gasteiger partial charge in [0.25, 0.3) is 0 Å². The highest BCUT2D eigenvalue weighted by molar-refractivity contribution is 7.13. The summed E-state index contributed by atoms with van der Waals surface area (Å²) in [6.07, 6.45) is 11.0. The van der Waals surface area contributed by atoms with E-state index >= 15 is 0 Å². The van der Waals surface area contributed by atoms with Gasteiger partial charge in [0, 0.05) is 17.0 Å². The molecule has 0 aromatic carbocycles. The molecule has 3 heterocycles. The summed E-state index contributed by atoms with van der Waals surface area (Å²) in [4.78, 5) is 26.1. The highest BCUT2D eigenvalue weighted by Crippen LogP contribution is 2.61. The number of aliphatic imine (C=N–C) groups is 1. The van der Waals surface area contributed by atoms with Crippen LogP contribution in [0.15, 0.2) is 40.5 Å². The summed E-state index contributed by atoms with van der Waals surface area (Å²) in [6.45, 7) is 0. The Morgan fingerprint density at radius 1 is 1.11 bits per heavy atom. The van der Waals surface area contributed by atoms with Crippen LogP contribution < -0.4 is 0 Å². The number of rotatable bonds is 3. The number of hydrogen-bond donors (Lipinski definition) is 0. The van der Waals surface area contributed by atoms with E-state index in [9.17, 15) is 4.79 Å². The van der Waals surface area contributed by atoms with Gasteiger partial charge in [-0.15, -0.1) is 11.3 Å². The summed E-state index contributed by atoms with van der Waals surface area (Å²) in [5, 5.41) is 2.77. The fourth-order valence-corrected chi connectivity index (χ4v) is 6.86.